The highest BCUT2D eigenvalue weighted by molar-refractivity contribution is 5.45. The minimum Gasteiger partial charge on any atom is -0.0596 e. The summed E-state index contributed by atoms with van der Waals surface area (Å²) in [6.07, 6.45) is 0. The summed E-state index contributed by atoms with van der Waals surface area (Å²) in [5.41, 5.74) is 2.67. The molecule has 0 saturated heterocycles. The second-order valence-electron chi connectivity index (χ2n) is 11.7. The molecule has 118 valence electrons. The Balaban J connectivity index is 2.49. The minimum absolute atomic E-state index is 0.403. The Morgan fingerprint density at radius 3 is 0.650 bits per heavy atom. The van der Waals surface area contributed by atoms with Crippen molar-refractivity contribution in [2.75, 3.05) is 0 Å². The molecule has 2 aliphatic rings. The van der Waals surface area contributed by atoms with Crippen molar-refractivity contribution in [1.82, 2.24) is 0 Å². The minimum atomic E-state index is 0.403. The first-order chi connectivity index (χ1) is 8.49. The summed E-state index contributed by atoms with van der Waals surface area (Å²) in [6, 6.07) is 0. The van der Waals surface area contributed by atoms with Gasteiger partial charge in [0.2, 0.25) is 0 Å². The normalized spacial score (nSPS) is 31.8. The van der Waals surface area contributed by atoms with Crippen molar-refractivity contribution in [2.24, 2.45) is 44.3 Å². The number of hydrogen-bond acceptors (Lipinski definition) is 0. The summed E-state index contributed by atoms with van der Waals surface area (Å²) in [5, 5.41) is 0. The van der Waals surface area contributed by atoms with E-state index in [0.29, 0.717) is 32.5 Å². The fraction of sp³-hybridized carbons (Fsp3) is 1.00. The van der Waals surface area contributed by atoms with Crippen LogP contribution in [0.3, 0.4) is 0 Å². The van der Waals surface area contributed by atoms with Crippen LogP contribution in [-0.4, -0.2) is 0 Å². The predicted octanol–water partition coefficient (Wildman–Crippen LogP) is 6.40. The highest BCUT2D eigenvalue weighted by atomic mass is 15.0. The summed E-state index contributed by atoms with van der Waals surface area (Å²) in [5.74, 6) is 1.82. The zero-order chi connectivity index (χ0) is 16.2. The molecule has 2 fully saturated rings. The van der Waals surface area contributed by atoms with Crippen molar-refractivity contribution in [3.63, 3.8) is 0 Å². The molecule has 0 spiro atoms. The maximum absolute atomic E-state index is 2.47. The topological polar surface area (TPSA) is 0 Å². The summed E-state index contributed by atoms with van der Waals surface area (Å²) in [4.78, 5) is 0. The summed E-state index contributed by atoms with van der Waals surface area (Å²) in [7, 11) is 0. The Morgan fingerprint density at radius 1 is 0.400 bits per heavy atom. The fourth-order valence-corrected chi connectivity index (χ4v) is 7.38. The molecule has 0 radical (unpaired) electrons. The van der Waals surface area contributed by atoms with E-state index < -0.39 is 0 Å². The van der Waals surface area contributed by atoms with E-state index >= 15 is 0 Å². The third-order valence-electron chi connectivity index (χ3n) is 7.04. The van der Waals surface area contributed by atoms with Gasteiger partial charge in [-0.3, -0.25) is 0 Å². The largest absolute Gasteiger partial charge is 0.0596 e. The van der Waals surface area contributed by atoms with E-state index in [1.165, 1.54) is 0 Å². The zero-order valence-electron chi connectivity index (χ0n) is 16.2. The fourth-order valence-electron chi connectivity index (χ4n) is 7.38. The molecule has 0 atom stereocenters. The number of rotatable bonds is 0. The molecule has 0 aromatic heterocycles. The maximum Gasteiger partial charge on any atom is -0.0126 e. The molecular weight excluding hydrogens is 240 g/mol. The van der Waals surface area contributed by atoms with Gasteiger partial charge in [-0.1, -0.05) is 83.1 Å². The van der Waals surface area contributed by atoms with E-state index in [4.69, 9.17) is 0 Å². The number of hydrogen-bond donors (Lipinski definition) is 0. The van der Waals surface area contributed by atoms with E-state index in [-0.39, 0.29) is 0 Å². The van der Waals surface area contributed by atoms with Gasteiger partial charge >= 0.3 is 0 Å². The predicted molar refractivity (Wildman–Crippen MR) is 89.7 cm³/mol. The molecule has 2 rings (SSSR count). The van der Waals surface area contributed by atoms with Crippen molar-refractivity contribution in [2.45, 2.75) is 83.1 Å². The van der Waals surface area contributed by atoms with Gasteiger partial charge in [0, 0.05) is 0 Å². The van der Waals surface area contributed by atoms with Crippen LogP contribution in [0.25, 0.3) is 0 Å². The molecule has 0 nitrogen and oxygen atoms in total. The zero-order valence-corrected chi connectivity index (χ0v) is 16.2. The summed E-state index contributed by atoms with van der Waals surface area (Å²) < 4.78 is 0. The maximum atomic E-state index is 2.47. The van der Waals surface area contributed by atoms with E-state index in [0.717, 1.165) is 11.8 Å². The second-order valence-corrected chi connectivity index (χ2v) is 11.7. The molecule has 0 unspecified atom stereocenters. The van der Waals surface area contributed by atoms with Crippen molar-refractivity contribution >= 4 is 0 Å². The third kappa shape index (κ3) is 1.45. The van der Waals surface area contributed by atoms with Gasteiger partial charge in [-0.2, -0.15) is 0 Å². The Labute approximate surface area is 128 Å². The highest BCUT2D eigenvalue weighted by Gasteiger charge is 2.98. The quantitative estimate of drug-likeness (QED) is 0.480. The van der Waals surface area contributed by atoms with E-state index in [1.807, 2.05) is 0 Å². The Bertz CT molecular complexity index is 329. The van der Waals surface area contributed by atoms with Gasteiger partial charge in [0.1, 0.15) is 0 Å². The van der Waals surface area contributed by atoms with E-state index in [1.54, 1.807) is 0 Å². The standard InChI is InChI=1S/C20H38/c1-15(2,3)19(16(4,5)6)13-14(19)20(13,17(7,8)9)18(10,11)12/h13-14H,1-12H3. The molecule has 0 heteroatoms. The van der Waals surface area contributed by atoms with Gasteiger partial charge in [0.05, 0.1) is 0 Å². The Morgan fingerprint density at radius 2 is 0.550 bits per heavy atom. The third-order valence-corrected chi connectivity index (χ3v) is 7.04. The van der Waals surface area contributed by atoms with Crippen molar-refractivity contribution in [3.05, 3.63) is 0 Å². The summed E-state index contributed by atoms with van der Waals surface area (Å²) >= 11 is 0. The lowest BCUT2D eigenvalue weighted by Gasteiger charge is -2.59. The number of fused-ring (bicyclic) bond motifs is 1. The molecule has 0 aromatic rings. The molecule has 20 heavy (non-hydrogen) atoms. The van der Waals surface area contributed by atoms with Gasteiger partial charge in [-0.15, -0.1) is 0 Å². The SMILES string of the molecule is CC(C)(C)C1(C(C)(C)C)C2C1C2(C(C)(C)C)C(C)(C)C. The molecule has 0 N–H and O–H groups in total. The molecule has 0 bridgehead atoms. The average molecular weight is 279 g/mol. The highest BCUT2D eigenvalue weighted by Crippen LogP contribution is 3.02. The first-order valence-corrected chi connectivity index (χ1v) is 8.49. The van der Waals surface area contributed by atoms with Crippen molar-refractivity contribution < 1.29 is 0 Å². The van der Waals surface area contributed by atoms with Crippen LogP contribution in [0, 0.1) is 44.3 Å². The van der Waals surface area contributed by atoms with Gasteiger partial charge in [-0.25, -0.2) is 0 Å². The summed E-state index contributed by atoms with van der Waals surface area (Å²) in [6.45, 7) is 29.7. The monoisotopic (exact) mass is 278 g/mol. The molecular formula is C20H38. The lowest BCUT2D eigenvalue weighted by Crippen LogP contribution is -2.54. The average Bonchev–Trinajstić information content (AvgIpc) is 2.74. The van der Waals surface area contributed by atoms with Crippen LogP contribution in [0.15, 0.2) is 0 Å². The van der Waals surface area contributed by atoms with Crippen molar-refractivity contribution in [3.8, 4) is 0 Å². The molecule has 2 saturated carbocycles. The lowest BCUT2D eigenvalue weighted by molar-refractivity contribution is -0.115. The van der Waals surface area contributed by atoms with Gasteiger partial charge < -0.3 is 0 Å². The lowest BCUT2D eigenvalue weighted by atomic mass is 9.45. The molecule has 0 aromatic carbocycles. The van der Waals surface area contributed by atoms with Crippen LogP contribution in [0.4, 0.5) is 0 Å². The Hall–Kier alpha value is 0. The first kappa shape index (κ1) is 16.4. The van der Waals surface area contributed by atoms with Crippen LogP contribution < -0.4 is 0 Å². The molecule has 0 aliphatic heterocycles. The second kappa shape index (κ2) is 3.49. The molecule has 0 amide bonds. The van der Waals surface area contributed by atoms with E-state index in [2.05, 4.69) is 83.1 Å². The van der Waals surface area contributed by atoms with E-state index in [9.17, 15) is 0 Å². The van der Waals surface area contributed by atoms with Crippen LogP contribution in [-0.2, 0) is 0 Å². The first-order valence-electron chi connectivity index (χ1n) is 8.49. The van der Waals surface area contributed by atoms with Crippen molar-refractivity contribution in [1.29, 1.82) is 0 Å². The van der Waals surface area contributed by atoms with Gasteiger partial charge in [-0.05, 0) is 44.3 Å². The van der Waals surface area contributed by atoms with Crippen LogP contribution in [0.2, 0.25) is 0 Å². The molecule has 2 aliphatic carbocycles. The van der Waals surface area contributed by atoms with Crippen LogP contribution in [0.1, 0.15) is 83.1 Å². The van der Waals surface area contributed by atoms with Gasteiger partial charge in [0.25, 0.3) is 0 Å². The van der Waals surface area contributed by atoms with Crippen LogP contribution >= 0.6 is 0 Å². The molecule has 0 heterocycles. The Kier molecular flexibility index (Phi) is 2.86. The van der Waals surface area contributed by atoms with Crippen LogP contribution in [0.5, 0.6) is 0 Å². The smallest absolute Gasteiger partial charge is 0.0126 e. The van der Waals surface area contributed by atoms with Gasteiger partial charge in [0.15, 0.2) is 0 Å².